The number of aromatic hydroxyl groups is 1. The summed E-state index contributed by atoms with van der Waals surface area (Å²) in [6.07, 6.45) is 2.43. The zero-order chi connectivity index (χ0) is 11.1. The monoisotopic (exact) mass is 213 g/mol. The second-order valence-corrected chi connectivity index (χ2v) is 3.74. The molecule has 0 spiro atoms. The van der Waals surface area contributed by atoms with E-state index in [-0.39, 0.29) is 5.75 Å². The van der Waals surface area contributed by atoms with Crippen LogP contribution in [-0.4, -0.2) is 20.1 Å². The molecular formula is C12H11N3O. The number of nitrogens with zero attached hydrogens (tertiary/aromatic N) is 2. The molecule has 0 radical (unpaired) electrons. The Bertz CT molecular complexity index is 672. The van der Waals surface area contributed by atoms with Crippen molar-refractivity contribution in [3.63, 3.8) is 0 Å². The lowest BCUT2D eigenvalue weighted by molar-refractivity contribution is 0.480. The molecule has 0 fully saturated rings. The highest BCUT2D eigenvalue weighted by Crippen LogP contribution is 2.30. The van der Waals surface area contributed by atoms with Crippen molar-refractivity contribution in [1.82, 2.24) is 15.0 Å². The van der Waals surface area contributed by atoms with Crippen molar-refractivity contribution in [1.29, 1.82) is 0 Å². The summed E-state index contributed by atoms with van der Waals surface area (Å²) in [6, 6.07) is 5.50. The Kier molecular flexibility index (Phi) is 1.83. The number of aryl methyl sites for hydroxylation is 1. The first kappa shape index (κ1) is 9.15. The van der Waals surface area contributed by atoms with Crippen molar-refractivity contribution in [2.75, 3.05) is 0 Å². The predicted molar refractivity (Wildman–Crippen MR) is 62.4 cm³/mol. The third kappa shape index (κ3) is 1.16. The second kappa shape index (κ2) is 3.20. The summed E-state index contributed by atoms with van der Waals surface area (Å²) in [4.78, 5) is 11.7. The lowest BCUT2D eigenvalue weighted by Gasteiger charge is -2.04. The summed E-state index contributed by atoms with van der Waals surface area (Å²) < 4.78 is 0. The summed E-state index contributed by atoms with van der Waals surface area (Å²) >= 11 is 0. The van der Waals surface area contributed by atoms with E-state index in [2.05, 4.69) is 15.0 Å². The molecule has 0 atom stereocenters. The molecule has 0 unspecified atom stereocenters. The fourth-order valence-corrected chi connectivity index (χ4v) is 1.95. The third-order valence-corrected chi connectivity index (χ3v) is 2.76. The molecule has 0 aliphatic rings. The Hall–Kier alpha value is -2.10. The first-order chi connectivity index (χ1) is 7.79. The molecule has 0 aliphatic heterocycles. The number of hydrogen-bond acceptors (Lipinski definition) is 3. The molecular weight excluding hydrogens is 202 g/mol. The normalized spacial score (nSPS) is 11.3. The fourth-order valence-electron chi connectivity index (χ4n) is 1.95. The number of hydrogen-bond donors (Lipinski definition) is 2. The van der Waals surface area contributed by atoms with Gasteiger partial charge in [0.25, 0.3) is 0 Å². The molecule has 0 amide bonds. The summed E-state index contributed by atoms with van der Waals surface area (Å²) in [5.74, 6) is 0.261. The predicted octanol–water partition coefficient (Wildman–Crippen LogP) is 2.38. The standard InChI is InChI=1S/C12H11N3O/c1-2-7-5-10(16)11-8(15-7)3-4-9-12(11)14-6-13-9/h3-6H,2H2,1H3,(H,13,14)(H,15,16). The van der Waals surface area contributed by atoms with Gasteiger partial charge in [-0.1, -0.05) is 6.92 Å². The van der Waals surface area contributed by atoms with Crippen LogP contribution in [-0.2, 0) is 6.42 Å². The highest BCUT2D eigenvalue weighted by Gasteiger charge is 2.09. The molecule has 2 N–H and O–H groups in total. The van der Waals surface area contributed by atoms with Gasteiger partial charge in [-0.25, -0.2) is 4.98 Å². The Morgan fingerprint density at radius 1 is 1.31 bits per heavy atom. The minimum atomic E-state index is 0.261. The molecule has 4 nitrogen and oxygen atoms in total. The second-order valence-electron chi connectivity index (χ2n) is 3.74. The average molecular weight is 213 g/mol. The first-order valence-electron chi connectivity index (χ1n) is 5.24. The number of pyridine rings is 1. The molecule has 3 aromatic rings. The van der Waals surface area contributed by atoms with Gasteiger partial charge in [0.2, 0.25) is 0 Å². The molecule has 2 heterocycles. The van der Waals surface area contributed by atoms with Gasteiger partial charge in [0.15, 0.2) is 0 Å². The average Bonchev–Trinajstić information content (AvgIpc) is 2.76. The van der Waals surface area contributed by atoms with E-state index in [4.69, 9.17) is 0 Å². The number of nitrogens with one attached hydrogen (secondary N) is 1. The summed E-state index contributed by atoms with van der Waals surface area (Å²) in [7, 11) is 0. The molecule has 3 rings (SSSR count). The number of imidazole rings is 1. The zero-order valence-corrected chi connectivity index (χ0v) is 8.86. The smallest absolute Gasteiger partial charge is 0.128 e. The van der Waals surface area contributed by atoms with Crippen molar-refractivity contribution in [3.8, 4) is 5.75 Å². The van der Waals surface area contributed by atoms with Crippen LogP contribution in [0.5, 0.6) is 5.75 Å². The van der Waals surface area contributed by atoms with Gasteiger partial charge in [0.1, 0.15) is 5.75 Å². The Balaban J connectivity index is 2.50. The maximum atomic E-state index is 10.0. The van der Waals surface area contributed by atoms with Crippen LogP contribution in [0.25, 0.3) is 21.9 Å². The number of H-pyrrole nitrogens is 1. The van der Waals surface area contributed by atoms with Crippen LogP contribution in [0.2, 0.25) is 0 Å². The van der Waals surface area contributed by atoms with Crippen LogP contribution >= 0.6 is 0 Å². The minimum absolute atomic E-state index is 0.261. The maximum absolute atomic E-state index is 10.0. The summed E-state index contributed by atoms with van der Waals surface area (Å²) in [6.45, 7) is 2.02. The number of benzene rings is 1. The lowest BCUT2D eigenvalue weighted by atomic mass is 10.1. The lowest BCUT2D eigenvalue weighted by Crippen LogP contribution is -1.89. The Labute approximate surface area is 92.0 Å². The van der Waals surface area contributed by atoms with E-state index in [9.17, 15) is 5.11 Å². The van der Waals surface area contributed by atoms with E-state index in [0.29, 0.717) is 0 Å². The van der Waals surface area contributed by atoms with Gasteiger partial charge in [-0.15, -0.1) is 0 Å². The van der Waals surface area contributed by atoms with Gasteiger partial charge in [0.05, 0.1) is 28.3 Å². The van der Waals surface area contributed by atoms with Gasteiger partial charge in [-0.05, 0) is 18.6 Å². The quantitative estimate of drug-likeness (QED) is 0.652. The fraction of sp³-hybridized carbons (Fsp3) is 0.167. The largest absolute Gasteiger partial charge is 0.507 e. The van der Waals surface area contributed by atoms with E-state index in [1.807, 2.05) is 19.1 Å². The first-order valence-corrected chi connectivity index (χ1v) is 5.24. The SMILES string of the molecule is CCc1cc(O)c2c(ccc3nc[nH]c32)n1. The maximum Gasteiger partial charge on any atom is 0.128 e. The summed E-state index contributed by atoms with van der Waals surface area (Å²) in [5, 5.41) is 10.8. The van der Waals surface area contributed by atoms with Crippen LogP contribution in [0.3, 0.4) is 0 Å². The van der Waals surface area contributed by atoms with Crippen LogP contribution in [0.15, 0.2) is 24.5 Å². The van der Waals surface area contributed by atoms with E-state index < -0.39 is 0 Å². The van der Waals surface area contributed by atoms with E-state index in [0.717, 1.165) is 34.1 Å². The van der Waals surface area contributed by atoms with E-state index >= 15 is 0 Å². The molecule has 1 aromatic carbocycles. The highest BCUT2D eigenvalue weighted by molar-refractivity contribution is 6.05. The number of aromatic nitrogens is 3. The van der Waals surface area contributed by atoms with Crippen molar-refractivity contribution >= 4 is 21.9 Å². The minimum Gasteiger partial charge on any atom is -0.507 e. The molecule has 0 saturated carbocycles. The number of fused-ring (bicyclic) bond motifs is 3. The molecule has 0 saturated heterocycles. The van der Waals surface area contributed by atoms with Crippen LogP contribution < -0.4 is 0 Å². The van der Waals surface area contributed by atoms with Crippen molar-refractivity contribution in [3.05, 3.63) is 30.2 Å². The molecule has 16 heavy (non-hydrogen) atoms. The van der Waals surface area contributed by atoms with Crippen molar-refractivity contribution in [2.24, 2.45) is 0 Å². The molecule has 80 valence electrons. The van der Waals surface area contributed by atoms with Crippen molar-refractivity contribution < 1.29 is 5.11 Å². The molecule has 0 bridgehead atoms. The number of rotatable bonds is 1. The van der Waals surface area contributed by atoms with Gasteiger partial charge >= 0.3 is 0 Å². The van der Waals surface area contributed by atoms with Gasteiger partial charge < -0.3 is 10.1 Å². The Morgan fingerprint density at radius 3 is 2.94 bits per heavy atom. The molecule has 4 heteroatoms. The van der Waals surface area contributed by atoms with Gasteiger partial charge in [-0.3, -0.25) is 4.98 Å². The molecule has 0 aliphatic carbocycles. The highest BCUT2D eigenvalue weighted by atomic mass is 16.3. The van der Waals surface area contributed by atoms with Gasteiger partial charge in [-0.2, -0.15) is 0 Å². The third-order valence-electron chi connectivity index (χ3n) is 2.76. The topological polar surface area (TPSA) is 61.8 Å². The van der Waals surface area contributed by atoms with Crippen LogP contribution in [0.1, 0.15) is 12.6 Å². The molecule has 2 aromatic heterocycles. The zero-order valence-electron chi connectivity index (χ0n) is 8.86. The van der Waals surface area contributed by atoms with Crippen LogP contribution in [0, 0.1) is 0 Å². The summed E-state index contributed by atoms with van der Waals surface area (Å²) in [5.41, 5.74) is 3.37. The van der Waals surface area contributed by atoms with E-state index in [1.165, 1.54) is 0 Å². The van der Waals surface area contributed by atoms with Crippen LogP contribution in [0.4, 0.5) is 0 Å². The van der Waals surface area contributed by atoms with E-state index in [1.54, 1.807) is 12.4 Å². The number of aromatic amines is 1. The van der Waals surface area contributed by atoms with Crippen molar-refractivity contribution in [2.45, 2.75) is 13.3 Å². The van der Waals surface area contributed by atoms with Gasteiger partial charge in [0, 0.05) is 11.8 Å². The Morgan fingerprint density at radius 2 is 2.12 bits per heavy atom.